The van der Waals surface area contributed by atoms with Crippen LogP contribution in [0, 0.1) is 11.2 Å². The van der Waals surface area contributed by atoms with Gasteiger partial charge in [0.25, 0.3) is 0 Å². The number of anilines is 1. The number of thiocarbonyl (C=S) groups is 1. The normalized spacial score (nSPS) is 21.9. The molecule has 1 fully saturated rings. The fourth-order valence-electron chi connectivity index (χ4n) is 2.64. The monoisotopic (exact) mass is 295 g/mol. The molecule has 0 bridgehead atoms. The molecule has 1 atom stereocenters. The molecule has 20 heavy (non-hydrogen) atoms. The van der Waals surface area contributed by atoms with Gasteiger partial charge in [0.05, 0.1) is 5.41 Å². The summed E-state index contributed by atoms with van der Waals surface area (Å²) >= 11 is 4.98. The quantitative estimate of drug-likeness (QED) is 0.828. The molecule has 1 aliphatic rings. The van der Waals surface area contributed by atoms with E-state index >= 15 is 0 Å². The van der Waals surface area contributed by atoms with Gasteiger partial charge in [0.1, 0.15) is 10.8 Å². The van der Waals surface area contributed by atoms with Crippen molar-refractivity contribution in [2.45, 2.75) is 13.3 Å². The van der Waals surface area contributed by atoms with E-state index in [1.807, 2.05) is 11.8 Å². The minimum absolute atomic E-state index is 0.0130. The molecule has 0 saturated carbocycles. The molecular formula is C14H18FN3OS. The minimum Gasteiger partial charge on any atom is -0.389 e. The van der Waals surface area contributed by atoms with Gasteiger partial charge in [-0.05, 0) is 31.5 Å². The van der Waals surface area contributed by atoms with E-state index in [-0.39, 0.29) is 16.7 Å². The van der Waals surface area contributed by atoms with Gasteiger partial charge in [-0.2, -0.15) is 0 Å². The Morgan fingerprint density at radius 1 is 1.55 bits per heavy atom. The van der Waals surface area contributed by atoms with Crippen LogP contribution >= 0.6 is 12.2 Å². The van der Waals surface area contributed by atoms with Crippen molar-refractivity contribution in [1.29, 1.82) is 0 Å². The highest BCUT2D eigenvalue weighted by Gasteiger charge is 2.40. The Morgan fingerprint density at radius 2 is 2.25 bits per heavy atom. The molecule has 1 heterocycles. The number of nitrogens with zero attached hydrogens (tertiary/aromatic N) is 1. The van der Waals surface area contributed by atoms with Crippen molar-refractivity contribution in [2.75, 3.05) is 25.0 Å². The summed E-state index contributed by atoms with van der Waals surface area (Å²) < 4.78 is 13.3. The molecule has 1 aromatic carbocycles. The van der Waals surface area contributed by atoms with Crippen LogP contribution in [0.4, 0.5) is 10.1 Å². The number of carbonyl (C=O) groups is 1. The summed E-state index contributed by atoms with van der Waals surface area (Å²) in [6.45, 7) is 3.20. The Labute approximate surface area is 123 Å². The molecule has 1 saturated heterocycles. The Bertz CT molecular complexity index is 563. The molecule has 0 spiro atoms. The van der Waals surface area contributed by atoms with Crippen molar-refractivity contribution in [1.82, 2.24) is 5.32 Å². The highest BCUT2D eigenvalue weighted by atomic mass is 32.1. The molecule has 3 N–H and O–H groups in total. The predicted octanol–water partition coefficient (Wildman–Crippen LogP) is 1.42. The number of benzene rings is 1. The van der Waals surface area contributed by atoms with Crippen molar-refractivity contribution < 1.29 is 9.18 Å². The van der Waals surface area contributed by atoms with Crippen molar-refractivity contribution >= 4 is 28.8 Å². The van der Waals surface area contributed by atoms with Crippen LogP contribution in [-0.4, -0.2) is 31.0 Å². The highest BCUT2D eigenvalue weighted by Crippen LogP contribution is 2.35. The zero-order chi connectivity index (χ0) is 14.9. The third-order valence-corrected chi connectivity index (χ3v) is 4.03. The van der Waals surface area contributed by atoms with Crippen LogP contribution in [0.3, 0.4) is 0 Å². The van der Waals surface area contributed by atoms with Gasteiger partial charge in [-0.3, -0.25) is 4.79 Å². The fraction of sp³-hybridized carbons (Fsp3) is 0.429. The van der Waals surface area contributed by atoms with Crippen molar-refractivity contribution in [3.63, 3.8) is 0 Å². The second-order valence-corrected chi connectivity index (χ2v) is 5.78. The van der Waals surface area contributed by atoms with Crippen LogP contribution in [0.2, 0.25) is 0 Å². The number of hydrogen-bond acceptors (Lipinski definition) is 3. The maximum absolute atomic E-state index is 13.3. The molecular weight excluding hydrogens is 277 g/mol. The second-order valence-electron chi connectivity index (χ2n) is 5.34. The molecule has 1 aromatic rings. The predicted molar refractivity (Wildman–Crippen MR) is 81.3 cm³/mol. The van der Waals surface area contributed by atoms with E-state index in [1.54, 1.807) is 13.1 Å². The molecule has 6 heteroatoms. The van der Waals surface area contributed by atoms with Crippen LogP contribution in [0.1, 0.15) is 18.9 Å². The molecule has 4 nitrogen and oxygen atoms in total. The van der Waals surface area contributed by atoms with Gasteiger partial charge < -0.3 is 16.0 Å². The number of rotatable bonds is 3. The molecule has 108 valence electrons. The SMILES string of the molecule is CNC(=O)C1(C)CCN(c2ccc(F)cc2C(N)=S)C1. The van der Waals surface area contributed by atoms with Crippen molar-refractivity contribution in [3.05, 3.63) is 29.6 Å². The van der Waals surface area contributed by atoms with Gasteiger partial charge in [0.15, 0.2) is 0 Å². The van der Waals surface area contributed by atoms with E-state index < -0.39 is 5.41 Å². The smallest absolute Gasteiger partial charge is 0.227 e. The Hall–Kier alpha value is -1.69. The lowest BCUT2D eigenvalue weighted by Gasteiger charge is -2.25. The molecule has 0 radical (unpaired) electrons. The maximum atomic E-state index is 13.3. The molecule has 2 rings (SSSR count). The summed E-state index contributed by atoms with van der Waals surface area (Å²) in [5.41, 5.74) is 6.51. The number of nitrogens with one attached hydrogen (secondary N) is 1. The molecule has 1 unspecified atom stereocenters. The lowest BCUT2D eigenvalue weighted by Crippen LogP contribution is -2.39. The minimum atomic E-state index is -0.448. The summed E-state index contributed by atoms with van der Waals surface area (Å²) in [5, 5.41) is 2.69. The van der Waals surface area contributed by atoms with Crippen LogP contribution in [-0.2, 0) is 4.79 Å². The largest absolute Gasteiger partial charge is 0.389 e. The molecule has 1 amide bonds. The molecule has 0 aliphatic carbocycles. The maximum Gasteiger partial charge on any atom is 0.227 e. The van der Waals surface area contributed by atoms with Gasteiger partial charge in [-0.25, -0.2) is 4.39 Å². The number of nitrogens with two attached hydrogens (primary N) is 1. The Morgan fingerprint density at radius 3 is 2.85 bits per heavy atom. The van der Waals surface area contributed by atoms with Gasteiger partial charge >= 0.3 is 0 Å². The number of hydrogen-bond donors (Lipinski definition) is 2. The third kappa shape index (κ3) is 2.60. The third-order valence-electron chi connectivity index (χ3n) is 3.81. The number of carbonyl (C=O) groups excluding carboxylic acids is 1. The average molecular weight is 295 g/mol. The van der Waals surface area contributed by atoms with E-state index in [1.165, 1.54) is 12.1 Å². The molecule has 1 aliphatic heterocycles. The Kier molecular flexibility index (Phi) is 3.94. The summed E-state index contributed by atoms with van der Waals surface area (Å²) in [6.07, 6.45) is 0.737. The first-order valence-corrected chi connectivity index (χ1v) is 6.85. The second kappa shape index (κ2) is 5.36. The summed E-state index contributed by atoms with van der Waals surface area (Å²) in [7, 11) is 1.63. The first kappa shape index (κ1) is 14.7. The van der Waals surface area contributed by atoms with E-state index in [4.69, 9.17) is 18.0 Å². The van der Waals surface area contributed by atoms with Crippen LogP contribution in [0.5, 0.6) is 0 Å². The molecule has 0 aromatic heterocycles. The van der Waals surface area contributed by atoms with Gasteiger partial charge in [0, 0.05) is 31.4 Å². The van der Waals surface area contributed by atoms with Crippen LogP contribution in [0.25, 0.3) is 0 Å². The van der Waals surface area contributed by atoms with Crippen molar-refractivity contribution in [3.8, 4) is 0 Å². The van der Waals surface area contributed by atoms with Crippen molar-refractivity contribution in [2.24, 2.45) is 11.1 Å². The summed E-state index contributed by atoms with van der Waals surface area (Å²) in [4.78, 5) is 14.1. The Balaban J connectivity index is 2.31. The first-order chi connectivity index (χ1) is 9.37. The topological polar surface area (TPSA) is 58.4 Å². The van der Waals surface area contributed by atoms with Gasteiger partial charge in [-0.15, -0.1) is 0 Å². The number of halogens is 1. The number of amides is 1. The van der Waals surface area contributed by atoms with Gasteiger partial charge in [-0.1, -0.05) is 12.2 Å². The lowest BCUT2D eigenvalue weighted by atomic mass is 9.89. The van der Waals surface area contributed by atoms with E-state index in [2.05, 4.69) is 5.32 Å². The lowest BCUT2D eigenvalue weighted by molar-refractivity contribution is -0.128. The first-order valence-electron chi connectivity index (χ1n) is 6.44. The van der Waals surface area contributed by atoms with E-state index in [9.17, 15) is 9.18 Å². The van der Waals surface area contributed by atoms with Crippen LogP contribution < -0.4 is 16.0 Å². The zero-order valence-corrected chi connectivity index (χ0v) is 12.4. The summed E-state index contributed by atoms with van der Waals surface area (Å²) in [6, 6.07) is 4.39. The zero-order valence-electron chi connectivity index (χ0n) is 11.6. The van der Waals surface area contributed by atoms with E-state index in [0.717, 1.165) is 12.1 Å². The van der Waals surface area contributed by atoms with E-state index in [0.29, 0.717) is 18.7 Å². The van der Waals surface area contributed by atoms with Crippen LogP contribution in [0.15, 0.2) is 18.2 Å². The fourth-order valence-corrected chi connectivity index (χ4v) is 2.80. The summed E-state index contributed by atoms with van der Waals surface area (Å²) in [5.74, 6) is -0.358. The van der Waals surface area contributed by atoms with Gasteiger partial charge in [0.2, 0.25) is 5.91 Å². The average Bonchev–Trinajstić information content (AvgIpc) is 2.81. The highest BCUT2D eigenvalue weighted by molar-refractivity contribution is 7.80. The standard InChI is InChI=1S/C14H18FN3OS/c1-14(13(19)17-2)5-6-18(8-14)11-4-3-9(15)7-10(11)12(16)20/h3-4,7H,5-6,8H2,1-2H3,(H2,16,20)(H,17,19).